The SMILES string of the molecule is CSc1ncc(C(C=O)c2c(Cl)cccc2Cl)c(NC2CC2)n1. The molecular formula is C16H15Cl2N3OS. The summed E-state index contributed by atoms with van der Waals surface area (Å²) in [5, 5.41) is 4.95. The average Bonchev–Trinajstić information content (AvgIpc) is 3.35. The Morgan fingerprint density at radius 1 is 1.35 bits per heavy atom. The van der Waals surface area contributed by atoms with E-state index in [9.17, 15) is 4.79 Å². The highest BCUT2D eigenvalue weighted by atomic mass is 35.5. The Kier molecular flexibility index (Phi) is 5.09. The van der Waals surface area contributed by atoms with E-state index in [2.05, 4.69) is 15.3 Å². The number of aldehydes is 1. The van der Waals surface area contributed by atoms with E-state index in [1.165, 1.54) is 11.8 Å². The first-order valence-electron chi connectivity index (χ1n) is 7.20. The zero-order valence-corrected chi connectivity index (χ0v) is 14.8. The molecule has 0 bridgehead atoms. The lowest BCUT2D eigenvalue weighted by molar-refractivity contribution is -0.108. The molecule has 1 atom stereocenters. The minimum Gasteiger partial charge on any atom is -0.367 e. The molecule has 1 saturated carbocycles. The lowest BCUT2D eigenvalue weighted by Gasteiger charge is -2.18. The van der Waals surface area contributed by atoms with Crippen LogP contribution in [-0.2, 0) is 4.79 Å². The molecular weight excluding hydrogens is 353 g/mol. The van der Waals surface area contributed by atoms with Crippen LogP contribution in [0.3, 0.4) is 0 Å². The van der Waals surface area contributed by atoms with Gasteiger partial charge in [0.2, 0.25) is 0 Å². The zero-order chi connectivity index (χ0) is 16.4. The van der Waals surface area contributed by atoms with Gasteiger partial charge in [0.1, 0.15) is 12.1 Å². The summed E-state index contributed by atoms with van der Waals surface area (Å²) in [6.07, 6.45) is 6.65. The van der Waals surface area contributed by atoms with E-state index >= 15 is 0 Å². The lowest BCUT2D eigenvalue weighted by atomic mass is 9.93. The van der Waals surface area contributed by atoms with Gasteiger partial charge in [-0.1, -0.05) is 41.0 Å². The van der Waals surface area contributed by atoms with E-state index in [0.29, 0.717) is 38.2 Å². The van der Waals surface area contributed by atoms with Crippen molar-refractivity contribution in [2.24, 2.45) is 0 Å². The maximum Gasteiger partial charge on any atom is 0.189 e. The fourth-order valence-electron chi connectivity index (χ4n) is 2.34. The number of hydrogen-bond donors (Lipinski definition) is 1. The third-order valence-electron chi connectivity index (χ3n) is 3.68. The number of nitrogens with zero attached hydrogens (tertiary/aromatic N) is 2. The zero-order valence-electron chi connectivity index (χ0n) is 12.4. The van der Waals surface area contributed by atoms with Gasteiger partial charge in [-0.2, -0.15) is 0 Å². The van der Waals surface area contributed by atoms with E-state index < -0.39 is 5.92 Å². The summed E-state index contributed by atoms with van der Waals surface area (Å²) in [7, 11) is 0. The van der Waals surface area contributed by atoms with Crippen molar-refractivity contribution in [1.29, 1.82) is 0 Å². The van der Waals surface area contributed by atoms with Gasteiger partial charge < -0.3 is 10.1 Å². The highest BCUT2D eigenvalue weighted by molar-refractivity contribution is 7.98. The third kappa shape index (κ3) is 3.62. The van der Waals surface area contributed by atoms with Crippen LogP contribution in [0.2, 0.25) is 10.0 Å². The summed E-state index contributed by atoms with van der Waals surface area (Å²) < 4.78 is 0. The van der Waals surface area contributed by atoms with Crippen molar-refractivity contribution >= 4 is 47.1 Å². The predicted molar refractivity (Wildman–Crippen MR) is 94.8 cm³/mol. The number of anilines is 1. The minimum absolute atomic E-state index is 0.410. The van der Waals surface area contributed by atoms with E-state index in [-0.39, 0.29) is 0 Å². The molecule has 2 aromatic rings. The van der Waals surface area contributed by atoms with Crippen LogP contribution in [0.1, 0.15) is 29.9 Å². The number of carbonyl (C=O) groups excluding carboxylic acids is 1. The molecule has 1 heterocycles. The van der Waals surface area contributed by atoms with Gasteiger partial charge >= 0.3 is 0 Å². The molecule has 1 unspecified atom stereocenters. The van der Waals surface area contributed by atoms with Crippen LogP contribution in [0.4, 0.5) is 5.82 Å². The van der Waals surface area contributed by atoms with Crippen molar-refractivity contribution in [3.8, 4) is 0 Å². The highest BCUT2D eigenvalue weighted by Crippen LogP contribution is 2.38. The predicted octanol–water partition coefficient (Wildman–Crippen LogP) is 4.41. The van der Waals surface area contributed by atoms with Gasteiger partial charge in [0.25, 0.3) is 0 Å². The Morgan fingerprint density at radius 3 is 2.61 bits per heavy atom. The van der Waals surface area contributed by atoms with Crippen LogP contribution in [0.25, 0.3) is 0 Å². The third-order valence-corrected chi connectivity index (χ3v) is 4.90. The smallest absolute Gasteiger partial charge is 0.189 e. The maximum absolute atomic E-state index is 11.8. The van der Waals surface area contributed by atoms with Gasteiger partial charge in [-0.05, 0) is 31.2 Å². The van der Waals surface area contributed by atoms with Crippen molar-refractivity contribution in [3.05, 3.63) is 45.6 Å². The second-order valence-electron chi connectivity index (χ2n) is 5.33. The second kappa shape index (κ2) is 7.07. The van der Waals surface area contributed by atoms with Gasteiger partial charge in [-0.3, -0.25) is 0 Å². The van der Waals surface area contributed by atoms with Crippen LogP contribution < -0.4 is 5.32 Å². The van der Waals surface area contributed by atoms with Crippen LogP contribution in [-0.4, -0.2) is 28.6 Å². The summed E-state index contributed by atoms with van der Waals surface area (Å²) >= 11 is 14.0. The van der Waals surface area contributed by atoms with Gasteiger partial charge in [0.15, 0.2) is 5.16 Å². The molecule has 4 nitrogen and oxygen atoms in total. The molecule has 0 spiro atoms. The second-order valence-corrected chi connectivity index (χ2v) is 6.92. The molecule has 1 aliphatic rings. The van der Waals surface area contributed by atoms with Gasteiger partial charge in [-0.25, -0.2) is 9.97 Å². The van der Waals surface area contributed by atoms with Gasteiger partial charge in [0, 0.05) is 33.4 Å². The Bertz CT molecular complexity index is 717. The van der Waals surface area contributed by atoms with Crippen LogP contribution >= 0.6 is 35.0 Å². The van der Waals surface area contributed by atoms with Crippen LogP contribution in [0, 0.1) is 0 Å². The van der Waals surface area contributed by atoms with Crippen molar-refractivity contribution in [3.63, 3.8) is 0 Å². The van der Waals surface area contributed by atoms with Gasteiger partial charge in [-0.15, -0.1) is 0 Å². The summed E-state index contributed by atoms with van der Waals surface area (Å²) in [4.78, 5) is 20.6. The maximum atomic E-state index is 11.8. The molecule has 23 heavy (non-hydrogen) atoms. The summed E-state index contributed by atoms with van der Waals surface area (Å²) in [6.45, 7) is 0. The fourth-order valence-corrected chi connectivity index (χ4v) is 3.32. The van der Waals surface area contributed by atoms with Crippen LogP contribution in [0.5, 0.6) is 0 Å². The first-order valence-corrected chi connectivity index (χ1v) is 9.18. The Morgan fingerprint density at radius 2 is 2.04 bits per heavy atom. The summed E-state index contributed by atoms with van der Waals surface area (Å²) in [6, 6.07) is 5.62. The van der Waals surface area contributed by atoms with E-state index in [0.717, 1.165) is 19.1 Å². The number of rotatable bonds is 6. The van der Waals surface area contributed by atoms with E-state index in [1.807, 2.05) is 6.26 Å². The molecule has 3 rings (SSSR count). The summed E-state index contributed by atoms with van der Waals surface area (Å²) in [5.74, 6) is 0.0771. The van der Waals surface area contributed by atoms with E-state index in [1.54, 1.807) is 24.4 Å². The molecule has 0 amide bonds. The first kappa shape index (κ1) is 16.6. The fraction of sp³-hybridized carbons (Fsp3) is 0.312. The number of nitrogens with one attached hydrogen (secondary N) is 1. The molecule has 1 aliphatic carbocycles. The monoisotopic (exact) mass is 367 g/mol. The highest BCUT2D eigenvalue weighted by Gasteiger charge is 2.27. The lowest BCUT2D eigenvalue weighted by Crippen LogP contribution is -2.13. The topological polar surface area (TPSA) is 54.9 Å². The Hall–Kier alpha value is -1.30. The number of benzene rings is 1. The molecule has 0 radical (unpaired) electrons. The molecule has 0 saturated heterocycles. The van der Waals surface area contributed by atoms with Crippen molar-refractivity contribution < 1.29 is 4.79 Å². The Balaban J connectivity index is 2.08. The van der Waals surface area contributed by atoms with Crippen molar-refractivity contribution in [2.45, 2.75) is 30.0 Å². The number of carbonyl (C=O) groups is 1. The molecule has 0 aliphatic heterocycles. The quantitative estimate of drug-likeness (QED) is 0.465. The first-order chi connectivity index (χ1) is 11.1. The van der Waals surface area contributed by atoms with Gasteiger partial charge in [0.05, 0.1) is 5.92 Å². The molecule has 120 valence electrons. The normalized spacial score (nSPS) is 15.3. The number of halogens is 2. The number of thioether (sulfide) groups is 1. The number of aromatic nitrogens is 2. The minimum atomic E-state index is -0.603. The number of hydrogen-bond acceptors (Lipinski definition) is 5. The largest absolute Gasteiger partial charge is 0.367 e. The van der Waals surface area contributed by atoms with E-state index in [4.69, 9.17) is 23.2 Å². The van der Waals surface area contributed by atoms with Crippen molar-refractivity contribution in [2.75, 3.05) is 11.6 Å². The standard InChI is InChI=1S/C16H15Cl2N3OS/c1-23-16-19-7-10(15(21-16)20-9-5-6-9)11(8-22)14-12(17)3-2-4-13(14)18/h2-4,7-9,11H,5-6H2,1H3,(H,19,20,21). The molecule has 7 heteroatoms. The van der Waals surface area contributed by atoms with Crippen molar-refractivity contribution in [1.82, 2.24) is 9.97 Å². The molecule has 1 fully saturated rings. The van der Waals surface area contributed by atoms with Crippen LogP contribution in [0.15, 0.2) is 29.6 Å². The molecule has 1 aromatic heterocycles. The Labute approximate surface area is 149 Å². The summed E-state index contributed by atoms with van der Waals surface area (Å²) in [5.41, 5.74) is 1.28. The molecule has 1 aromatic carbocycles. The average molecular weight is 368 g/mol. The molecule has 1 N–H and O–H groups in total.